The number of hydrogen-bond acceptors (Lipinski definition) is 5. The molecule has 0 bridgehead atoms. The smallest absolute Gasteiger partial charge is 0.272 e. The first-order valence-electron chi connectivity index (χ1n) is 10.9. The predicted octanol–water partition coefficient (Wildman–Crippen LogP) is 4.67. The molecule has 1 aliphatic heterocycles. The van der Waals surface area contributed by atoms with Crippen molar-refractivity contribution in [2.24, 2.45) is 0 Å². The van der Waals surface area contributed by atoms with Gasteiger partial charge in [0, 0.05) is 42.1 Å². The third-order valence-corrected chi connectivity index (χ3v) is 6.03. The van der Waals surface area contributed by atoms with Crippen LogP contribution in [0.25, 0.3) is 22.0 Å². The zero-order valence-corrected chi connectivity index (χ0v) is 19.0. The summed E-state index contributed by atoms with van der Waals surface area (Å²) in [6.45, 7) is 2.10. The van der Waals surface area contributed by atoms with Crippen LogP contribution in [0.5, 0.6) is 0 Å². The first-order chi connectivity index (χ1) is 16.6. The molecule has 2 amide bonds. The van der Waals surface area contributed by atoms with Gasteiger partial charge in [0.1, 0.15) is 5.69 Å². The van der Waals surface area contributed by atoms with E-state index in [1.807, 2.05) is 30.3 Å². The van der Waals surface area contributed by atoms with Gasteiger partial charge in [0.05, 0.1) is 29.5 Å². The number of ether oxygens (including phenoxy) is 1. The van der Waals surface area contributed by atoms with Crippen LogP contribution in [-0.4, -0.2) is 53.0 Å². The fourth-order valence-corrected chi connectivity index (χ4v) is 4.11. The maximum absolute atomic E-state index is 12.8. The van der Waals surface area contributed by atoms with Gasteiger partial charge in [-0.25, -0.2) is 0 Å². The summed E-state index contributed by atoms with van der Waals surface area (Å²) in [5, 5.41) is 5.44. The highest BCUT2D eigenvalue weighted by atomic mass is 35.5. The number of pyridine rings is 2. The van der Waals surface area contributed by atoms with E-state index in [1.54, 1.807) is 41.4 Å². The molecule has 8 heteroatoms. The van der Waals surface area contributed by atoms with E-state index in [0.717, 1.165) is 22.0 Å². The van der Waals surface area contributed by atoms with Gasteiger partial charge < -0.3 is 15.0 Å². The summed E-state index contributed by atoms with van der Waals surface area (Å²) < 4.78 is 5.28. The quantitative estimate of drug-likeness (QED) is 0.466. The van der Waals surface area contributed by atoms with Crippen LogP contribution in [0, 0.1) is 0 Å². The van der Waals surface area contributed by atoms with Crippen LogP contribution < -0.4 is 5.32 Å². The van der Waals surface area contributed by atoms with Crippen molar-refractivity contribution in [3.8, 4) is 11.3 Å². The molecule has 2 aromatic carbocycles. The summed E-state index contributed by atoms with van der Waals surface area (Å²) in [5.74, 6) is -0.503. The first kappa shape index (κ1) is 22.0. The van der Waals surface area contributed by atoms with Crippen molar-refractivity contribution in [1.29, 1.82) is 0 Å². The number of carbonyl (C=O) groups is 2. The number of carbonyl (C=O) groups excluding carboxylic acids is 2. The summed E-state index contributed by atoms with van der Waals surface area (Å²) in [4.78, 5) is 35.8. The van der Waals surface area contributed by atoms with Crippen molar-refractivity contribution in [3.63, 3.8) is 0 Å². The maximum atomic E-state index is 12.8. The van der Waals surface area contributed by atoms with Crippen molar-refractivity contribution >= 4 is 39.9 Å². The maximum Gasteiger partial charge on any atom is 0.272 e. The molecule has 0 radical (unpaired) electrons. The number of halogens is 1. The first-order valence-corrected chi connectivity index (χ1v) is 11.3. The number of rotatable bonds is 4. The highest BCUT2D eigenvalue weighted by Crippen LogP contribution is 2.33. The molecule has 4 aromatic rings. The molecule has 5 rings (SSSR count). The molecule has 0 aliphatic carbocycles. The summed E-state index contributed by atoms with van der Waals surface area (Å²) >= 11 is 6.49. The lowest BCUT2D eigenvalue weighted by molar-refractivity contribution is 0.0299. The van der Waals surface area contributed by atoms with E-state index in [2.05, 4.69) is 15.3 Å². The zero-order chi connectivity index (χ0) is 23.5. The Hall–Kier alpha value is -3.81. The van der Waals surface area contributed by atoms with Crippen LogP contribution in [0.15, 0.2) is 73.1 Å². The largest absolute Gasteiger partial charge is 0.378 e. The second-order valence-electron chi connectivity index (χ2n) is 7.87. The standard InChI is InChI=1S/C26H21ClN4O3/c27-22-7-6-19(15-21(22)24-20-4-2-1-3-17(20)9-10-28-24)30-25(32)18-5-8-23(29-16-18)26(33)31-11-13-34-14-12-31/h1-10,15-16H,11-14H2,(H,30,32). The highest BCUT2D eigenvalue weighted by Gasteiger charge is 2.20. The topological polar surface area (TPSA) is 84.4 Å². The molecule has 0 atom stereocenters. The normalized spacial score (nSPS) is 13.6. The Bertz CT molecular complexity index is 1360. The lowest BCUT2D eigenvalue weighted by Gasteiger charge is -2.26. The van der Waals surface area contributed by atoms with Gasteiger partial charge in [0.15, 0.2) is 0 Å². The number of amides is 2. The zero-order valence-electron chi connectivity index (χ0n) is 18.2. The average molecular weight is 473 g/mol. The number of anilines is 1. The van der Waals surface area contributed by atoms with Gasteiger partial charge in [0.2, 0.25) is 0 Å². The second kappa shape index (κ2) is 9.59. The van der Waals surface area contributed by atoms with Gasteiger partial charge in [-0.2, -0.15) is 0 Å². The molecule has 1 fully saturated rings. The molecule has 3 heterocycles. The third-order valence-electron chi connectivity index (χ3n) is 5.70. The summed E-state index contributed by atoms with van der Waals surface area (Å²) in [7, 11) is 0. The fourth-order valence-electron chi connectivity index (χ4n) is 3.91. The molecular formula is C26H21ClN4O3. The highest BCUT2D eigenvalue weighted by molar-refractivity contribution is 6.33. The van der Waals surface area contributed by atoms with E-state index in [-0.39, 0.29) is 11.8 Å². The Balaban J connectivity index is 1.35. The van der Waals surface area contributed by atoms with E-state index in [9.17, 15) is 9.59 Å². The van der Waals surface area contributed by atoms with Crippen molar-refractivity contribution in [2.45, 2.75) is 0 Å². The Labute approximate surface area is 201 Å². The minimum Gasteiger partial charge on any atom is -0.378 e. The van der Waals surface area contributed by atoms with Crippen LogP contribution >= 0.6 is 11.6 Å². The van der Waals surface area contributed by atoms with Crippen LogP contribution in [0.3, 0.4) is 0 Å². The number of morpholine rings is 1. The van der Waals surface area contributed by atoms with Crippen molar-refractivity contribution in [3.05, 3.63) is 89.3 Å². The van der Waals surface area contributed by atoms with Crippen molar-refractivity contribution in [1.82, 2.24) is 14.9 Å². The van der Waals surface area contributed by atoms with E-state index in [0.29, 0.717) is 48.3 Å². The van der Waals surface area contributed by atoms with E-state index in [1.165, 1.54) is 6.20 Å². The Morgan fingerprint density at radius 1 is 0.971 bits per heavy atom. The molecule has 2 aromatic heterocycles. The van der Waals surface area contributed by atoms with Gasteiger partial charge in [0.25, 0.3) is 11.8 Å². The van der Waals surface area contributed by atoms with Crippen LogP contribution in [0.2, 0.25) is 5.02 Å². The number of hydrogen-bond donors (Lipinski definition) is 1. The molecular weight excluding hydrogens is 452 g/mol. The molecule has 1 saturated heterocycles. The molecule has 0 unspecified atom stereocenters. The van der Waals surface area contributed by atoms with Crippen molar-refractivity contribution in [2.75, 3.05) is 31.6 Å². The van der Waals surface area contributed by atoms with Gasteiger partial charge in [-0.15, -0.1) is 0 Å². The van der Waals surface area contributed by atoms with Gasteiger partial charge in [-0.05, 0) is 41.8 Å². The second-order valence-corrected chi connectivity index (χ2v) is 8.27. The number of nitrogens with zero attached hydrogens (tertiary/aromatic N) is 3. The molecule has 1 aliphatic rings. The Morgan fingerprint density at radius 2 is 1.79 bits per heavy atom. The fraction of sp³-hybridized carbons (Fsp3) is 0.154. The van der Waals surface area contributed by atoms with Crippen LogP contribution in [-0.2, 0) is 4.74 Å². The number of aromatic nitrogens is 2. The van der Waals surface area contributed by atoms with E-state index in [4.69, 9.17) is 16.3 Å². The van der Waals surface area contributed by atoms with Crippen LogP contribution in [0.1, 0.15) is 20.8 Å². The molecule has 0 spiro atoms. The predicted molar refractivity (Wildman–Crippen MR) is 131 cm³/mol. The van der Waals surface area contributed by atoms with Gasteiger partial charge in [-0.3, -0.25) is 19.6 Å². The minimum atomic E-state index is -0.336. The molecule has 170 valence electrons. The Morgan fingerprint density at radius 3 is 2.59 bits per heavy atom. The third kappa shape index (κ3) is 4.48. The molecule has 1 N–H and O–H groups in total. The van der Waals surface area contributed by atoms with E-state index < -0.39 is 0 Å². The lowest BCUT2D eigenvalue weighted by atomic mass is 10.0. The van der Waals surface area contributed by atoms with Crippen LogP contribution in [0.4, 0.5) is 5.69 Å². The summed E-state index contributed by atoms with van der Waals surface area (Å²) in [6, 6.07) is 18.3. The molecule has 0 saturated carbocycles. The number of benzene rings is 2. The summed E-state index contributed by atoms with van der Waals surface area (Å²) in [6.07, 6.45) is 3.15. The average Bonchev–Trinajstić information content (AvgIpc) is 2.89. The monoisotopic (exact) mass is 472 g/mol. The lowest BCUT2D eigenvalue weighted by Crippen LogP contribution is -2.41. The van der Waals surface area contributed by atoms with E-state index >= 15 is 0 Å². The molecule has 7 nitrogen and oxygen atoms in total. The Kier molecular flexibility index (Phi) is 6.20. The summed E-state index contributed by atoms with van der Waals surface area (Å²) in [5.41, 5.74) is 2.69. The van der Waals surface area contributed by atoms with Crippen molar-refractivity contribution < 1.29 is 14.3 Å². The number of fused-ring (bicyclic) bond motifs is 1. The SMILES string of the molecule is O=C(Nc1ccc(Cl)c(-c2nccc3ccccc23)c1)c1ccc(C(=O)N2CCOCC2)nc1. The van der Waals surface area contributed by atoms with Gasteiger partial charge in [-0.1, -0.05) is 35.9 Å². The molecule has 34 heavy (non-hydrogen) atoms. The number of nitrogens with one attached hydrogen (secondary N) is 1. The van der Waals surface area contributed by atoms with Gasteiger partial charge >= 0.3 is 0 Å². The minimum absolute atomic E-state index is 0.166.